The molecule has 0 radical (unpaired) electrons. The molecule has 1 aromatic carbocycles. The van der Waals surface area contributed by atoms with Gasteiger partial charge in [0.15, 0.2) is 0 Å². The number of benzene rings is 1. The van der Waals surface area contributed by atoms with Crippen LogP contribution in [0, 0.1) is 12.7 Å². The first kappa shape index (κ1) is 18.5. The Kier molecular flexibility index (Phi) is 4.56. The number of para-hydroxylation sites is 1. The van der Waals surface area contributed by atoms with E-state index in [1.165, 1.54) is 6.07 Å². The standard InChI is InChI=1S/C18H18F4N6/c1-11-10-15(28-17(23-11)25-16(26-28)18(20,21)22)27-8-6-12(7-9-27)24-14-5-3-2-4-13(14)19/h2-5,10,12,24H,6-9H2,1H3. The minimum Gasteiger partial charge on any atom is -0.380 e. The van der Waals surface area contributed by atoms with Crippen molar-refractivity contribution in [2.45, 2.75) is 32.0 Å². The normalized spacial score (nSPS) is 16.0. The highest BCUT2D eigenvalue weighted by atomic mass is 19.4. The lowest BCUT2D eigenvalue weighted by atomic mass is 10.0. The molecule has 1 aliphatic rings. The maximum absolute atomic E-state index is 13.8. The van der Waals surface area contributed by atoms with Crippen molar-refractivity contribution in [1.82, 2.24) is 19.6 Å². The van der Waals surface area contributed by atoms with Crippen LogP contribution in [-0.2, 0) is 6.18 Å². The van der Waals surface area contributed by atoms with E-state index in [4.69, 9.17) is 0 Å². The highest BCUT2D eigenvalue weighted by molar-refractivity contribution is 5.49. The summed E-state index contributed by atoms with van der Waals surface area (Å²) in [6, 6.07) is 8.26. The summed E-state index contributed by atoms with van der Waals surface area (Å²) in [5, 5.41) is 6.81. The van der Waals surface area contributed by atoms with Crippen LogP contribution < -0.4 is 10.2 Å². The number of anilines is 2. The van der Waals surface area contributed by atoms with E-state index in [0.717, 1.165) is 4.52 Å². The third-order valence-corrected chi connectivity index (χ3v) is 4.73. The van der Waals surface area contributed by atoms with Crippen molar-refractivity contribution in [3.8, 4) is 0 Å². The Morgan fingerprint density at radius 1 is 1.11 bits per heavy atom. The SMILES string of the molecule is Cc1cc(N2CCC(Nc3ccccc3F)CC2)n2nc(C(F)(F)F)nc2n1. The first-order valence-corrected chi connectivity index (χ1v) is 8.89. The number of nitrogens with zero attached hydrogens (tertiary/aromatic N) is 5. The topological polar surface area (TPSA) is 58.4 Å². The van der Waals surface area contributed by atoms with Crippen LogP contribution in [0.2, 0.25) is 0 Å². The molecule has 1 N–H and O–H groups in total. The van der Waals surface area contributed by atoms with Gasteiger partial charge in [0.25, 0.3) is 11.6 Å². The number of hydrogen-bond donors (Lipinski definition) is 1. The monoisotopic (exact) mass is 394 g/mol. The van der Waals surface area contributed by atoms with Gasteiger partial charge in [-0.2, -0.15) is 22.7 Å². The Bertz CT molecular complexity index is 991. The predicted molar refractivity (Wildman–Crippen MR) is 95.8 cm³/mol. The van der Waals surface area contributed by atoms with E-state index in [1.807, 2.05) is 4.90 Å². The van der Waals surface area contributed by atoms with Crippen LogP contribution in [-0.4, -0.2) is 38.7 Å². The summed E-state index contributed by atoms with van der Waals surface area (Å²) in [5.41, 5.74) is 1.02. The number of aryl methyl sites for hydroxylation is 1. The second kappa shape index (κ2) is 6.92. The van der Waals surface area contributed by atoms with Gasteiger partial charge in [0.2, 0.25) is 0 Å². The van der Waals surface area contributed by atoms with Crippen molar-refractivity contribution in [3.63, 3.8) is 0 Å². The Labute approximate surface area is 158 Å². The molecule has 10 heteroatoms. The zero-order chi connectivity index (χ0) is 19.9. The number of halogens is 4. The second-order valence-electron chi connectivity index (χ2n) is 6.79. The fourth-order valence-corrected chi connectivity index (χ4v) is 3.36. The molecule has 4 rings (SSSR count). The fourth-order valence-electron chi connectivity index (χ4n) is 3.36. The average molecular weight is 394 g/mol. The molecule has 1 fully saturated rings. The minimum absolute atomic E-state index is 0.0751. The zero-order valence-corrected chi connectivity index (χ0v) is 15.0. The first-order chi connectivity index (χ1) is 13.3. The molecule has 6 nitrogen and oxygen atoms in total. The van der Waals surface area contributed by atoms with Crippen molar-refractivity contribution >= 4 is 17.3 Å². The molecule has 1 aliphatic heterocycles. The van der Waals surface area contributed by atoms with Crippen LogP contribution in [0.3, 0.4) is 0 Å². The molecule has 0 spiro atoms. The molecule has 0 saturated carbocycles. The van der Waals surface area contributed by atoms with Gasteiger partial charge in [-0.1, -0.05) is 12.1 Å². The molecule has 3 heterocycles. The number of piperidine rings is 1. The number of aromatic nitrogens is 4. The van der Waals surface area contributed by atoms with E-state index >= 15 is 0 Å². The van der Waals surface area contributed by atoms with Gasteiger partial charge < -0.3 is 10.2 Å². The average Bonchev–Trinajstić information content (AvgIpc) is 3.08. The molecule has 0 bridgehead atoms. The Balaban J connectivity index is 1.53. The number of rotatable bonds is 3. The Morgan fingerprint density at radius 2 is 1.82 bits per heavy atom. The maximum atomic E-state index is 13.8. The molecule has 3 aromatic rings. The highest BCUT2D eigenvalue weighted by Gasteiger charge is 2.37. The summed E-state index contributed by atoms with van der Waals surface area (Å²) in [5.74, 6) is -1.06. The molecule has 148 valence electrons. The van der Waals surface area contributed by atoms with E-state index in [9.17, 15) is 17.6 Å². The van der Waals surface area contributed by atoms with Crippen molar-refractivity contribution in [1.29, 1.82) is 0 Å². The largest absolute Gasteiger partial charge is 0.453 e. The molecule has 28 heavy (non-hydrogen) atoms. The Morgan fingerprint density at radius 3 is 2.50 bits per heavy atom. The molecule has 1 saturated heterocycles. The van der Waals surface area contributed by atoms with Crippen molar-refractivity contribution in [2.75, 3.05) is 23.3 Å². The summed E-state index contributed by atoms with van der Waals surface area (Å²) >= 11 is 0. The van der Waals surface area contributed by atoms with Crippen LogP contribution in [0.5, 0.6) is 0 Å². The molecular weight excluding hydrogens is 376 g/mol. The van der Waals surface area contributed by atoms with Gasteiger partial charge in [-0.3, -0.25) is 0 Å². The summed E-state index contributed by atoms with van der Waals surface area (Å²) in [6.07, 6.45) is -3.22. The van der Waals surface area contributed by atoms with E-state index < -0.39 is 12.0 Å². The van der Waals surface area contributed by atoms with Gasteiger partial charge in [0, 0.05) is 30.9 Å². The first-order valence-electron chi connectivity index (χ1n) is 8.89. The van der Waals surface area contributed by atoms with Gasteiger partial charge in [-0.15, -0.1) is 5.10 Å². The van der Waals surface area contributed by atoms with Crippen molar-refractivity contribution < 1.29 is 17.6 Å². The molecule has 0 aliphatic carbocycles. The molecular formula is C18H18F4N6. The number of hydrogen-bond acceptors (Lipinski definition) is 5. The van der Waals surface area contributed by atoms with Crippen molar-refractivity contribution in [2.24, 2.45) is 0 Å². The van der Waals surface area contributed by atoms with Crippen LogP contribution in [0.25, 0.3) is 5.78 Å². The van der Waals surface area contributed by atoms with Gasteiger partial charge in [-0.25, -0.2) is 9.37 Å². The van der Waals surface area contributed by atoms with E-state index in [2.05, 4.69) is 20.4 Å². The summed E-state index contributed by atoms with van der Waals surface area (Å²) in [4.78, 5) is 9.52. The van der Waals surface area contributed by atoms with Gasteiger partial charge >= 0.3 is 6.18 Å². The zero-order valence-electron chi connectivity index (χ0n) is 15.0. The summed E-state index contributed by atoms with van der Waals surface area (Å²) < 4.78 is 53.9. The van der Waals surface area contributed by atoms with Crippen LogP contribution in [0.15, 0.2) is 30.3 Å². The van der Waals surface area contributed by atoms with Gasteiger partial charge in [0.1, 0.15) is 11.6 Å². The van der Waals surface area contributed by atoms with Gasteiger partial charge in [-0.05, 0) is 31.9 Å². The number of nitrogens with one attached hydrogen (secondary N) is 1. The lowest BCUT2D eigenvalue weighted by molar-refractivity contribution is -0.144. The second-order valence-corrected chi connectivity index (χ2v) is 6.79. The smallest absolute Gasteiger partial charge is 0.380 e. The van der Waals surface area contributed by atoms with E-state index in [1.54, 1.807) is 31.2 Å². The molecule has 2 aromatic heterocycles. The van der Waals surface area contributed by atoms with Crippen molar-refractivity contribution in [3.05, 3.63) is 47.7 Å². The lowest BCUT2D eigenvalue weighted by Gasteiger charge is -2.34. The third kappa shape index (κ3) is 3.58. The van der Waals surface area contributed by atoms with Crippen LogP contribution in [0.1, 0.15) is 24.4 Å². The van der Waals surface area contributed by atoms with E-state index in [-0.39, 0.29) is 17.6 Å². The molecule has 0 atom stereocenters. The van der Waals surface area contributed by atoms with Gasteiger partial charge in [0.05, 0.1) is 5.69 Å². The fraction of sp³-hybridized carbons (Fsp3) is 0.389. The maximum Gasteiger partial charge on any atom is 0.453 e. The van der Waals surface area contributed by atoms with Crippen LogP contribution in [0.4, 0.5) is 29.1 Å². The molecule has 0 amide bonds. The predicted octanol–water partition coefficient (Wildman–Crippen LogP) is 3.67. The molecule has 0 unspecified atom stereocenters. The number of alkyl halides is 3. The third-order valence-electron chi connectivity index (χ3n) is 4.73. The highest BCUT2D eigenvalue weighted by Crippen LogP contribution is 2.29. The lowest BCUT2D eigenvalue weighted by Crippen LogP contribution is -2.40. The minimum atomic E-state index is -4.63. The van der Waals surface area contributed by atoms with Crippen LogP contribution >= 0.6 is 0 Å². The van der Waals surface area contributed by atoms with E-state index in [0.29, 0.717) is 43.1 Å². The quantitative estimate of drug-likeness (QED) is 0.687. The number of fused-ring (bicyclic) bond motifs is 1. The summed E-state index contributed by atoms with van der Waals surface area (Å²) in [7, 11) is 0. The Hall–Kier alpha value is -2.91. The summed E-state index contributed by atoms with van der Waals surface area (Å²) in [6.45, 7) is 2.88.